The van der Waals surface area contributed by atoms with Gasteiger partial charge in [-0.3, -0.25) is 4.79 Å². The van der Waals surface area contributed by atoms with Gasteiger partial charge in [0.2, 0.25) is 0 Å². The normalized spacial score (nSPS) is 12.2. The molecule has 0 bridgehead atoms. The van der Waals surface area contributed by atoms with Crippen LogP contribution in [0.15, 0.2) is 48.6 Å². The number of carbonyl (C=O) groups excluding carboxylic acids is 1. The second-order valence-electron chi connectivity index (χ2n) is 10.8. The number of allylic oxidation sites excluding steroid dienone is 8. The molecule has 38 heavy (non-hydrogen) atoms. The molecule has 0 saturated carbocycles. The van der Waals surface area contributed by atoms with Gasteiger partial charge in [-0.1, -0.05) is 140 Å². The number of unbranched alkanes of at least 4 members (excludes halogenated alkanes) is 17. The Labute approximate surface area is 238 Å². The topological polar surface area (TPSA) is 26.3 Å². The maximum absolute atomic E-state index is 11.9. The Balaban J connectivity index is 3.28. The first-order chi connectivity index (χ1) is 18.8. The van der Waals surface area contributed by atoms with E-state index in [1.165, 1.54) is 109 Å². The molecule has 0 fully saturated rings. The van der Waals surface area contributed by atoms with Crippen molar-refractivity contribution in [2.45, 2.75) is 168 Å². The number of esters is 1. The Morgan fingerprint density at radius 3 is 1.45 bits per heavy atom. The van der Waals surface area contributed by atoms with E-state index in [2.05, 4.69) is 62.5 Å². The fraction of sp³-hybridized carbons (Fsp3) is 0.750. The number of carbonyl (C=O) groups is 1. The van der Waals surface area contributed by atoms with Crippen molar-refractivity contribution in [2.75, 3.05) is 6.61 Å². The summed E-state index contributed by atoms with van der Waals surface area (Å²) in [4.78, 5) is 11.9. The fourth-order valence-electron chi connectivity index (χ4n) is 4.50. The number of hydrogen-bond acceptors (Lipinski definition) is 2. The summed E-state index contributed by atoms with van der Waals surface area (Å²) in [6.45, 7) is 5.05. The lowest BCUT2D eigenvalue weighted by molar-refractivity contribution is -0.143. The number of rotatable bonds is 29. The molecule has 0 aromatic heterocycles. The second kappa shape index (κ2) is 33.5. The monoisotopic (exact) mass is 528 g/mol. The molecular formula is C36H64O2. The Morgan fingerprint density at radius 2 is 0.895 bits per heavy atom. The van der Waals surface area contributed by atoms with E-state index in [1.54, 1.807) is 0 Å². The first-order valence-electron chi connectivity index (χ1n) is 16.6. The highest BCUT2D eigenvalue weighted by molar-refractivity contribution is 5.69. The lowest BCUT2D eigenvalue weighted by Gasteiger charge is -2.05. The van der Waals surface area contributed by atoms with Crippen LogP contribution in [0.3, 0.4) is 0 Å². The van der Waals surface area contributed by atoms with E-state index in [4.69, 9.17) is 4.74 Å². The van der Waals surface area contributed by atoms with Gasteiger partial charge in [-0.15, -0.1) is 0 Å². The van der Waals surface area contributed by atoms with Gasteiger partial charge in [0.15, 0.2) is 0 Å². The first-order valence-corrected chi connectivity index (χ1v) is 16.6. The molecule has 0 spiro atoms. The molecule has 0 aliphatic heterocycles. The SMILES string of the molecule is CC/C=C\C/C=C\C/C=C\CCCCCCCC(=O)OCCCCCCCC/C=C/CCCCCCCC. The summed E-state index contributed by atoms with van der Waals surface area (Å²) in [6, 6.07) is 0. The van der Waals surface area contributed by atoms with Gasteiger partial charge >= 0.3 is 5.97 Å². The molecule has 0 aromatic rings. The third-order valence-electron chi connectivity index (χ3n) is 6.95. The van der Waals surface area contributed by atoms with Crippen LogP contribution in [0.2, 0.25) is 0 Å². The van der Waals surface area contributed by atoms with Gasteiger partial charge in [-0.25, -0.2) is 0 Å². The van der Waals surface area contributed by atoms with Crippen molar-refractivity contribution in [3.63, 3.8) is 0 Å². The highest BCUT2D eigenvalue weighted by atomic mass is 16.5. The Kier molecular flexibility index (Phi) is 32.1. The molecule has 0 aliphatic rings. The Hall–Kier alpha value is -1.57. The standard InChI is InChI=1S/C36H64O2/c1-3-5-7-9-11-13-15-17-19-21-23-25-27-29-31-33-35-38-36(37)34-32-30-28-26-24-22-20-18-16-14-12-10-8-6-4-2/h6,8,12,14,17-20H,3-5,7,9-11,13,15-16,21-35H2,1-2H3/b8-6-,14-12-,19-17+,20-18-. The molecule has 220 valence electrons. The van der Waals surface area contributed by atoms with E-state index in [0.717, 1.165) is 38.5 Å². The van der Waals surface area contributed by atoms with E-state index >= 15 is 0 Å². The van der Waals surface area contributed by atoms with Crippen molar-refractivity contribution < 1.29 is 9.53 Å². The van der Waals surface area contributed by atoms with E-state index in [9.17, 15) is 4.79 Å². The summed E-state index contributed by atoms with van der Waals surface area (Å²) in [5.41, 5.74) is 0. The van der Waals surface area contributed by atoms with E-state index in [-0.39, 0.29) is 5.97 Å². The van der Waals surface area contributed by atoms with Crippen molar-refractivity contribution in [3.8, 4) is 0 Å². The summed E-state index contributed by atoms with van der Waals surface area (Å²) >= 11 is 0. The molecule has 0 amide bonds. The minimum absolute atomic E-state index is 0.00100. The molecule has 0 aliphatic carbocycles. The number of hydrogen-bond donors (Lipinski definition) is 0. The van der Waals surface area contributed by atoms with Crippen LogP contribution in [0.5, 0.6) is 0 Å². The highest BCUT2D eigenvalue weighted by Gasteiger charge is 2.02. The average molecular weight is 529 g/mol. The van der Waals surface area contributed by atoms with Crippen LogP contribution >= 0.6 is 0 Å². The van der Waals surface area contributed by atoms with Crippen molar-refractivity contribution in [1.82, 2.24) is 0 Å². The maximum Gasteiger partial charge on any atom is 0.305 e. The third kappa shape index (κ3) is 32.5. The zero-order valence-electron chi connectivity index (χ0n) is 25.6. The quantitative estimate of drug-likeness (QED) is 0.0548. The van der Waals surface area contributed by atoms with Crippen molar-refractivity contribution in [2.24, 2.45) is 0 Å². The predicted octanol–water partition coefficient (Wildman–Crippen LogP) is 12.2. The minimum Gasteiger partial charge on any atom is -0.466 e. The van der Waals surface area contributed by atoms with Crippen LogP contribution in [-0.4, -0.2) is 12.6 Å². The van der Waals surface area contributed by atoms with Gasteiger partial charge in [0.05, 0.1) is 6.61 Å². The molecule has 0 aromatic carbocycles. The van der Waals surface area contributed by atoms with Crippen LogP contribution < -0.4 is 0 Å². The van der Waals surface area contributed by atoms with Crippen LogP contribution in [0, 0.1) is 0 Å². The maximum atomic E-state index is 11.9. The molecule has 0 rings (SSSR count). The zero-order chi connectivity index (χ0) is 27.6. The van der Waals surface area contributed by atoms with Crippen molar-refractivity contribution >= 4 is 5.97 Å². The predicted molar refractivity (Wildman–Crippen MR) is 170 cm³/mol. The van der Waals surface area contributed by atoms with Crippen molar-refractivity contribution in [3.05, 3.63) is 48.6 Å². The summed E-state index contributed by atoms with van der Waals surface area (Å²) < 4.78 is 5.41. The third-order valence-corrected chi connectivity index (χ3v) is 6.95. The fourth-order valence-corrected chi connectivity index (χ4v) is 4.50. The van der Waals surface area contributed by atoms with Gasteiger partial charge in [0.1, 0.15) is 0 Å². The molecule has 0 radical (unpaired) electrons. The van der Waals surface area contributed by atoms with Gasteiger partial charge in [0, 0.05) is 6.42 Å². The zero-order valence-corrected chi connectivity index (χ0v) is 25.6. The van der Waals surface area contributed by atoms with Crippen LogP contribution in [0.1, 0.15) is 168 Å². The lowest BCUT2D eigenvalue weighted by Crippen LogP contribution is -2.05. The molecule has 2 nitrogen and oxygen atoms in total. The summed E-state index contributed by atoms with van der Waals surface area (Å²) in [5, 5.41) is 0. The highest BCUT2D eigenvalue weighted by Crippen LogP contribution is 2.11. The van der Waals surface area contributed by atoms with E-state index in [1.807, 2.05) is 0 Å². The molecular weight excluding hydrogens is 464 g/mol. The van der Waals surface area contributed by atoms with Crippen LogP contribution in [0.25, 0.3) is 0 Å². The molecule has 0 unspecified atom stereocenters. The van der Waals surface area contributed by atoms with Crippen molar-refractivity contribution in [1.29, 1.82) is 0 Å². The molecule has 0 heterocycles. The Bertz CT molecular complexity index is 584. The summed E-state index contributed by atoms with van der Waals surface area (Å²) in [6.07, 6.45) is 47.3. The lowest BCUT2D eigenvalue weighted by atomic mass is 10.1. The molecule has 2 heteroatoms. The largest absolute Gasteiger partial charge is 0.466 e. The first kappa shape index (κ1) is 36.4. The average Bonchev–Trinajstić information content (AvgIpc) is 2.92. The van der Waals surface area contributed by atoms with Crippen LogP contribution in [-0.2, 0) is 9.53 Å². The smallest absolute Gasteiger partial charge is 0.305 e. The van der Waals surface area contributed by atoms with E-state index < -0.39 is 0 Å². The molecule has 0 atom stereocenters. The van der Waals surface area contributed by atoms with Gasteiger partial charge < -0.3 is 4.74 Å². The summed E-state index contributed by atoms with van der Waals surface area (Å²) in [7, 11) is 0. The van der Waals surface area contributed by atoms with Gasteiger partial charge in [0.25, 0.3) is 0 Å². The van der Waals surface area contributed by atoms with E-state index in [0.29, 0.717) is 13.0 Å². The molecule has 0 N–H and O–H groups in total. The van der Waals surface area contributed by atoms with Crippen LogP contribution in [0.4, 0.5) is 0 Å². The second-order valence-corrected chi connectivity index (χ2v) is 10.8. The molecule has 0 saturated heterocycles. The summed E-state index contributed by atoms with van der Waals surface area (Å²) in [5.74, 6) is -0.00100. The van der Waals surface area contributed by atoms with Gasteiger partial charge in [-0.2, -0.15) is 0 Å². The number of ether oxygens (including phenoxy) is 1. The van der Waals surface area contributed by atoms with Gasteiger partial charge in [-0.05, 0) is 70.6 Å². The minimum atomic E-state index is -0.00100. The Morgan fingerprint density at radius 1 is 0.474 bits per heavy atom.